The predicted molar refractivity (Wildman–Crippen MR) is 90.6 cm³/mol. The Morgan fingerprint density at radius 1 is 1.33 bits per heavy atom. The Bertz CT molecular complexity index is 654. The number of nitrogens with one attached hydrogen (secondary N) is 2. The van der Waals surface area contributed by atoms with E-state index in [-0.39, 0.29) is 23.7 Å². The molecule has 2 aliphatic heterocycles. The molecule has 0 spiro atoms. The molecule has 0 bridgehead atoms. The monoisotopic (exact) mass is 333 g/mol. The number of carbonyl (C=O) groups excluding carboxylic acids is 2. The zero-order valence-corrected chi connectivity index (χ0v) is 14.2. The molecule has 130 valence electrons. The number of piperidine rings is 1. The Balaban J connectivity index is 1.71. The number of nitrogens with zero attached hydrogens (tertiary/aromatic N) is 1. The molecule has 6 heteroatoms. The van der Waals surface area contributed by atoms with Gasteiger partial charge in [0.1, 0.15) is 5.82 Å². The van der Waals surface area contributed by atoms with E-state index in [1.165, 1.54) is 6.07 Å². The molecule has 1 aromatic carbocycles. The highest BCUT2D eigenvalue weighted by Gasteiger charge is 2.36. The number of benzene rings is 1. The smallest absolute Gasteiger partial charge is 0.251 e. The third-order valence-corrected chi connectivity index (χ3v) is 4.95. The van der Waals surface area contributed by atoms with E-state index in [0.29, 0.717) is 24.1 Å². The van der Waals surface area contributed by atoms with Gasteiger partial charge in [-0.05, 0) is 51.3 Å². The summed E-state index contributed by atoms with van der Waals surface area (Å²) in [6.45, 7) is 5.48. The minimum absolute atomic E-state index is 0.00786. The first-order chi connectivity index (χ1) is 11.4. The Labute approximate surface area is 141 Å². The molecule has 0 aromatic heterocycles. The van der Waals surface area contributed by atoms with Crippen LogP contribution in [0.3, 0.4) is 0 Å². The van der Waals surface area contributed by atoms with Crippen molar-refractivity contribution in [2.24, 2.45) is 0 Å². The lowest BCUT2D eigenvalue weighted by Gasteiger charge is -2.39. The van der Waals surface area contributed by atoms with Crippen molar-refractivity contribution in [1.82, 2.24) is 10.6 Å². The lowest BCUT2D eigenvalue weighted by Crippen LogP contribution is -2.62. The molecular weight excluding hydrogens is 309 g/mol. The fourth-order valence-corrected chi connectivity index (χ4v) is 3.50. The van der Waals surface area contributed by atoms with Crippen molar-refractivity contribution in [1.29, 1.82) is 0 Å². The number of carbonyl (C=O) groups is 2. The van der Waals surface area contributed by atoms with Crippen molar-refractivity contribution in [2.45, 2.75) is 51.1 Å². The van der Waals surface area contributed by atoms with Crippen molar-refractivity contribution < 1.29 is 14.0 Å². The van der Waals surface area contributed by atoms with Crippen molar-refractivity contribution in [3.63, 3.8) is 0 Å². The quantitative estimate of drug-likeness (QED) is 0.891. The van der Waals surface area contributed by atoms with Crippen LogP contribution >= 0.6 is 0 Å². The van der Waals surface area contributed by atoms with Crippen LogP contribution in [0.25, 0.3) is 0 Å². The minimum Gasteiger partial charge on any atom is -0.369 e. The zero-order valence-electron chi connectivity index (χ0n) is 14.2. The van der Waals surface area contributed by atoms with Crippen LogP contribution in [0.5, 0.6) is 0 Å². The van der Waals surface area contributed by atoms with E-state index >= 15 is 0 Å². The average molecular weight is 333 g/mol. The van der Waals surface area contributed by atoms with Gasteiger partial charge in [-0.1, -0.05) is 0 Å². The largest absolute Gasteiger partial charge is 0.369 e. The topological polar surface area (TPSA) is 61.4 Å². The van der Waals surface area contributed by atoms with Gasteiger partial charge in [-0.25, -0.2) is 4.39 Å². The summed E-state index contributed by atoms with van der Waals surface area (Å²) in [6.07, 6.45) is 3.11. The summed E-state index contributed by atoms with van der Waals surface area (Å²) in [7, 11) is 0. The molecule has 3 rings (SSSR count). The molecule has 5 nitrogen and oxygen atoms in total. The second-order valence-corrected chi connectivity index (χ2v) is 7.19. The van der Waals surface area contributed by atoms with Crippen molar-refractivity contribution in [3.05, 3.63) is 29.6 Å². The molecule has 2 aliphatic rings. The molecule has 2 saturated heterocycles. The van der Waals surface area contributed by atoms with Gasteiger partial charge < -0.3 is 15.5 Å². The van der Waals surface area contributed by atoms with E-state index in [1.54, 1.807) is 12.1 Å². The summed E-state index contributed by atoms with van der Waals surface area (Å²) in [5.41, 5.74) is 0.358. The summed E-state index contributed by atoms with van der Waals surface area (Å²) < 4.78 is 14.4. The minimum atomic E-state index is -0.515. The number of halogens is 1. The first-order valence-corrected chi connectivity index (χ1v) is 8.53. The number of hydrogen-bond acceptors (Lipinski definition) is 3. The summed E-state index contributed by atoms with van der Waals surface area (Å²) >= 11 is 0. The second-order valence-electron chi connectivity index (χ2n) is 7.19. The fraction of sp³-hybridized carbons (Fsp3) is 0.556. The molecule has 24 heavy (non-hydrogen) atoms. The predicted octanol–water partition coefficient (Wildman–Crippen LogP) is 2.21. The molecule has 1 unspecified atom stereocenters. The molecule has 2 fully saturated rings. The number of hydrogen-bond donors (Lipinski definition) is 2. The standard InChI is InChI=1S/C18H24FN3O2/c1-18(2)15(7-8-16(23)21-18)20-17(24)12-5-6-14(13(19)11-12)22-9-3-4-10-22/h5-6,11,15H,3-4,7-10H2,1-2H3,(H,20,24)(H,21,23). The summed E-state index contributed by atoms with van der Waals surface area (Å²) in [5, 5.41) is 5.81. The highest BCUT2D eigenvalue weighted by Crippen LogP contribution is 2.25. The molecule has 2 amide bonds. The lowest BCUT2D eigenvalue weighted by molar-refractivity contribution is -0.125. The fourth-order valence-electron chi connectivity index (χ4n) is 3.50. The molecule has 0 radical (unpaired) electrons. The van der Waals surface area contributed by atoms with Gasteiger partial charge in [-0.3, -0.25) is 9.59 Å². The molecule has 0 saturated carbocycles. The van der Waals surface area contributed by atoms with Crippen molar-refractivity contribution in [3.8, 4) is 0 Å². The normalized spacial score (nSPS) is 23.0. The first-order valence-electron chi connectivity index (χ1n) is 8.53. The number of anilines is 1. The third-order valence-electron chi connectivity index (χ3n) is 4.95. The highest BCUT2D eigenvalue weighted by atomic mass is 19.1. The lowest BCUT2D eigenvalue weighted by atomic mass is 9.86. The summed E-state index contributed by atoms with van der Waals surface area (Å²) in [5.74, 6) is -0.677. The van der Waals surface area contributed by atoms with Crippen LogP contribution in [0, 0.1) is 5.82 Å². The van der Waals surface area contributed by atoms with Crippen LogP contribution in [0.15, 0.2) is 18.2 Å². The maximum atomic E-state index is 14.4. The molecule has 1 atom stereocenters. The van der Waals surface area contributed by atoms with Crippen LogP contribution in [-0.4, -0.2) is 36.5 Å². The molecule has 2 heterocycles. The average Bonchev–Trinajstić information content (AvgIpc) is 3.03. The van der Waals surface area contributed by atoms with Crippen LogP contribution in [0.4, 0.5) is 10.1 Å². The van der Waals surface area contributed by atoms with Gasteiger partial charge in [-0.15, -0.1) is 0 Å². The maximum absolute atomic E-state index is 14.4. The van der Waals surface area contributed by atoms with E-state index in [0.717, 1.165) is 25.9 Å². The van der Waals surface area contributed by atoms with Gasteiger partial charge in [0.2, 0.25) is 5.91 Å². The van der Waals surface area contributed by atoms with Crippen molar-refractivity contribution in [2.75, 3.05) is 18.0 Å². The molecule has 0 aliphatic carbocycles. The third kappa shape index (κ3) is 3.37. The molecule has 2 N–H and O–H groups in total. The molecule has 1 aromatic rings. The van der Waals surface area contributed by atoms with Crippen molar-refractivity contribution >= 4 is 17.5 Å². The Morgan fingerprint density at radius 2 is 2.04 bits per heavy atom. The van der Waals surface area contributed by atoms with E-state index < -0.39 is 5.54 Å². The van der Waals surface area contributed by atoms with Crippen LogP contribution < -0.4 is 15.5 Å². The van der Waals surface area contributed by atoms with Gasteiger partial charge in [0.05, 0.1) is 17.3 Å². The Kier molecular flexibility index (Phi) is 4.47. The van der Waals surface area contributed by atoms with E-state index in [4.69, 9.17) is 0 Å². The van der Waals surface area contributed by atoms with Gasteiger partial charge in [0.15, 0.2) is 0 Å². The van der Waals surface area contributed by atoms with E-state index in [1.807, 2.05) is 18.7 Å². The number of amides is 2. The van der Waals surface area contributed by atoms with Crippen LogP contribution in [0.2, 0.25) is 0 Å². The SMILES string of the molecule is CC1(C)NC(=O)CCC1NC(=O)c1ccc(N2CCCC2)c(F)c1. The van der Waals surface area contributed by atoms with Crippen LogP contribution in [-0.2, 0) is 4.79 Å². The van der Waals surface area contributed by atoms with E-state index in [9.17, 15) is 14.0 Å². The summed E-state index contributed by atoms with van der Waals surface area (Å²) in [4.78, 5) is 26.0. The summed E-state index contributed by atoms with van der Waals surface area (Å²) in [6, 6.07) is 4.48. The zero-order chi connectivity index (χ0) is 17.3. The molecular formula is C18H24FN3O2. The van der Waals surface area contributed by atoms with Gasteiger partial charge >= 0.3 is 0 Å². The Hall–Kier alpha value is -2.11. The number of rotatable bonds is 3. The Morgan fingerprint density at radius 3 is 2.67 bits per heavy atom. The van der Waals surface area contributed by atoms with Gasteiger partial charge in [0.25, 0.3) is 5.91 Å². The van der Waals surface area contributed by atoms with Gasteiger partial charge in [-0.2, -0.15) is 0 Å². The first kappa shape index (κ1) is 16.7. The van der Waals surface area contributed by atoms with Crippen LogP contribution in [0.1, 0.15) is 49.9 Å². The van der Waals surface area contributed by atoms with Gasteiger partial charge in [0, 0.05) is 25.1 Å². The maximum Gasteiger partial charge on any atom is 0.251 e. The highest BCUT2D eigenvalue weighted by molar-refractivity contribution is 5.95. The second kappa shape index (κ2) is 6.42. The van der Waals surface area contributed by atoms with E-state index in [2.05, 4.69) is 10.6 Å².